The van der Waals surface area contributed by atoms with Crippen molar-refractivity contribution in [2.45, 2.75) is 37.1 Å². The van der Waals surface area contributed by atoms with E-state index in [-0.39, 0.29) is 11.6 Å². The largest absolute Gasteiger partial charge is 0.325 e. The average Bonchev–Trinajstić information content (AvgIpc) is 3.12. The number of aromatic nitrogens is 4. The summed E-state index contributed by atoms with van der Waals surface area (Å²) in [5.74, 6) is -1.95. The van der Waals surface area contributed by atoms with Gasteiger partial charge in [0.2, 0.25) is 11.1 Å². The molecule has 0 bridgehead atoms. The number of thioether (sulfide) groups is 1. The molecule has 0 fully saturated rings. The zero-order chi connectivity index (χ0) is 20.3. The summed E-state index contributed by atoms with van der Waals surface area (Å²) in [6.07, 6.45) is 0. The van der Waals surface area contributed by atoms with Gasteiger partial charge in [-0.15, -0.1) is 5.10 Å². The summed E-state index contributed by atoms with van der Waals surface area (Å²) < 4.78 is 27.8. The van der Waals surface area contributed by atoms with E-state index < -0.39 is 16.9 Å². The fourth-order valence-electron chi connectivity index (χ4n) is 2.44. The summed E-state index contributed by atoms with van der Waals surface area (Å²) in [7, 11) is 0. The van der Waals surface area contributed by atoms with Crippen LogP contribution in [0.3, 0.4) is 0 Å². The Morgan fingerprint density at radius 3 is 2.43 bits per heavy atom. The minimum Gasteiger partial charge on any atom is -0.325 e. The van der Waals surface area contributed by atoms with E-state index in [1.165, 1.54) is 11.6 Å². The van der Waals surface area contributed by atoms with Gasteiger partial charge in [0.25, 0.3) is 0 Å². The molecule has 6 nitrogen and oxygen atoms in total. The molecule has 1 N–H and O–H groups in total. The molecule has 146 valence electrons. The SMILES string of the molecule is CC(Sc1nnnn1-c1ccc(C(C)C)cc1)C(=O)Nc1ccc(F)c(F)c1. The number of benzene rings is 2. The quantitative estimate of drug-likeness (QED) is 0.625. The van der Waals surface area contributed by atoms with Crippen LogP contribution in [0.4, 0.5) is 14.5 Å². The van der Waals surface area contributed by atoms with Crippen molar-refractivity contribution in [2.24, 2.45) is 0 Å². The highest BCUT2D eigenvalue weighted by Gasteiger charge is 2.20. The maximum Gasteiger partial charge on any atom is 0.237 e. The van der Waals surface area contributed by atoms with Crippen LogP contribution >= 0.6 is 11.8 Å². The molecule has 1 heterocycles. The molecule has 1 amide bonds. The summed E-state index contributed by atoms with van der Waals surface area (Å²) in [5.41, 5.74) is 2.16. The van der Waals surface area contributed by atoms with Crippen LogP contribution in [0.15, 0.2) is 47.6 Å². The first-order valence-electron chi connectivity index (χ1n) is 8.66. The molecule has 1 aromatic heterocycles. The predicted molar refractivity (Wildman–Crippen MR) is 104 cm³/mol. The number of nitrogens with one attached hydrogen (secondary N) is 1. The lowest BCUT2D eigenvalue weighted by atomic mass is 10.0. The van der Waals surface area contributed by atoms with Gasteiger partial charge in [0, 0.05) is 11.8 Å². The topological polar surface area (TPSA) is 72.7 Å². The van der Waals surface area contributed by atoms with Crippen LogP contribution in [-0.2, 0) is 4.79 Å². The number of nitrogens with zero attached hydrogens (tertiary/aromatic N) is 4. The van der Waals surface area contributed by atoms with Gasteiger partial charge in [0.15, 0.2) is 11.6 Å². The van der Waals surface area contributed by atoms with Crippen LogP contribution in [0.5, 0.6) is 0 Å². The third-order valence-electron chi connectivity index (χ3n) is 4.08. The molecule has 1 atom stereocenters. The van der Waals surface area contributed by atoms with Gasteiger partial charge in [0.1, 0.15) is 0 Å². The first-order valence-corrected chi connectivity index (χ1v) is 9.54. The second-order valence-corrected chi connectivity index (χ2v) is 7.81. The van der Waals surface area contributed by atoms with E-state index >= 15 is 0 Å². The van der Waals surface area contributed by atoms with Crippen molar-refractivity contribution in [1.29, 1.82) is 0 Å². The van der Waals surface area contributed by atoms with Gasteiger partial charge in [-0.05, 0) is 53.1 Å². The van der Waals surface area contributed by atoms with Gasteiger partial charge in [-0.3, -0.25) is 4.79 Å². The van der Waals surface area contributed by atoms with E-state index in [1.54, 1.807) is 11.6 Å². The Morgan fingerprint density at radius 1 is 1.07 bits per heavy atom. The number of halogens is 2. The summed E-state index contributed by atoms with van der Waals surface area (Å²) >= 11 is 1.16. The van der Waals surface area contributed by atoms with Crippen LogP contribution in [0, 0.1) is 11.6 Å². The average molecular weight is 403 g/mol. The Hall–Kier alpha value is -2.81. The first-order chi connectivity index (χ1) is 13.3. The van der Waals surface area contributed by atoms with E-state index in [4.69, 9.17) is 0 Å². The Labute approximate surface area is 165 Å². The summed E-state index contributed by atoms with van der Waals surface area (Å²) in [6, 6.07) is 11.1. The number of carbonyl (C=O) groups excluding carboxylic acids is 1. The van der Waals surface area contributed by atoms with Crippen molar-refractivity contribution in [3.8, 4) is 5.69 Å². The molecule has 0 aliphatic heterocycles. The second-order valence-electron chi connectivity index (χ2n) is 6.50. The highest BCUT2D eigenvalue weighted by atomic mass is 32.2. The first kappa shape index (κ1) is 19.9. The minimum absolute atomic E-state index is 0.181. The molecule has 3 aromatic rings. The van der Waals surface area contributed by atoms with Crippen molar-refractivity contribution in [3.63, 3.8) is 0 Å². The van der Waals surface area contributed by atoms with Gasteiger partial charge >= 0.3 is 0 Å². The van der Waals surface area contributed by atoms with Crippen LogP contribution in [0.25, 0.3) is 5.69 Å². The molecule has 0 saturated carbocycles. The molecule has 0 saturated heterocycles. The minimum atomic E-state index is -1.02. The summed E-state index contributed by atoms with van der Waals surface area (Å²) in [6.45, 7) is 5.90. The highest BCUT2D eigenvalue weighted by Crippen LogP contribution is 2.25. The molecular formula is C19H19F2N5OS. The van der Waals surface area contributed by atoms with Gasteiger partial charge in [-0.1, -0.05) is 37.7 Å². The van der Waals surface area contributed by atoms with Gasteiger partial charge in [-0.2, -0.15) is 4.68 Å². The maximum atomic E-state index is 13.3. The lowest BCUT2D eigenvalue weighted by Crippen LogP contribution is -2.23. The maximum absolute atomic E-state index is 13.3. The molecule has 0 aliphatic carbocycles. The predicted octanol–water partition coefficient (Wildman–Crippen LogP) is 4.18. The van der Waals surface area contributed by atoms with Crippen molar-refractivity contribution in [3.05, 3.63) is 59.7 Å². The molecule has 0 aliphatic rings. The van der Waals surface area contributed by atoms with E-state index in [0.29, 0.717) is 11.1 Å². The second kappa shape index (κ2) is 8.47. The molecule has 9 heteroatoms. The zero-order valence-electron chi connectivity index (χ0n) is 15.6. The molecule has 1 unspecified atom stereocenters. The molecule has 0 radical (unpaired) electrons. The standard InChI is InChI=1S/C19H19F2N5OS/c1-11(2)13-4-7-15(8-5-13)26-19(23-24-25-26)28-12(3)18(27)22-14-6-9-16(20)17(21)10-14/h4-12H,1-3H3,(H,22,27). The smallest absolute Gasteiger partial charge is 0.237 e. The van der Waals surface area contributed by atoms with E-state index in [1.807, 2.05) is 24.3 Å². The third kappa shape index (κ3) is 4.53. The Bertz CT molecular complexity index is 975. The molecule has 3 rings (SSSR count). The van der Waals surface area contributed by atoms with Gasteiger partial charge < -0.3 is 5.32 Å². The van der Waals surface area contributed by atoms with E-state index in [0.717, 1.165) is 29.6 Å². The summed E-state index contributed by atoms with van der Waals surface area (Å²) in [5, 5.41) is 14.1. The van der Waals surface area contributed by atoms with Crippen molar-refractivity contribution < 1.29 is 13.6 Å². The number of hydrogen-bond donors (Lipinski definition) is 1. The monoisotopic (exact) mass is 403 g/mol. The van der Waals surface area contributed by atoms with Crippen LogP contribution < -0.4 is 5.32 Å². The fraction of sp³-hybridized carbons (Fsp3) is 0.263. The lowest BCUT2D eigenvalue weighted by molar-refractivity contribution is -0.115. The lowest BCUT2D eigenvalue weighted by Gasteiger charge is -2.12. The Morgan fingerprint density at radius 2 is 1.79 bits per heavy atom. The molecular weight excluding hydrogens is 384 g/mol. The Balaban J connectivity index is 1.70. The molecule has 28 heavy (non-hydrogen) atoms. The number of anilines is 1. The fourth-order valence-corrected chi connectivity index (χ4v) is 3.25. The normalized spacial score (nSPS) is 12.2. The van der Waals surface area contributed by atoms with E-state index in [2.05, 4.69) is 34.7 Å². The van der Waals surface area contributed by atoms with Crippen molar-refractivity contribution in [1.82, 2.24) is 20.2 Å². The molecule has 0 spiro atoms. The number of carbonyl (C=O) groups is 1. The number of rotatable bonds is 6. The Kier molecular flexibility index (Phi) is 6.03. The summed E-state index contributed by atoms with van der Waals surface area (Å²) in [4.78, 5) is 12.4. The number of amides is 1. The highest BCUT2D eigenvalue weighted by molar-refractivity contribution is 8.00. The van der Waals surface area contributed by atoms with Crippen LogP contribution in [0.1, 0.15) is 32.3 Å². The van der Waals surface area contributed by atoms with Crippen LogP contribution in [0.2, 0.25) is 0 Å². The van der Waals surface area contributed by atoms with E-state index in [9.17, 15) is 13.6 Å². The number of hydrogen-bond acceptors (Lipinski definition) is 5. The van der Waals surface area contributed by atoms with Crippen molar-refractivity contribution in [2.75, 3.05) is 5.32 Å². The van der Waals surface area contributed by atoms with Gasteiger partial charge in [0.05, 0.1) is 10.9 Å². The third-order valence-corrected chi connectivity index (χ3v) is 5.12. The van der Waals surface area contributed by atoms with Crippen molar-refractivity contribution >= 4 is 23.4 Å². The van der Waals surface area contributed by atoms with Gasteiger partial charge in [-0.25, -0.2) is 8.78 Å². The number of tetrazole rings is 1. The zero-order valence-corrected chi connectivity index (χ0v) is 16.4. The molecule has 2 aromatic carbocycles. The van der Waals surface area contributed by atoms with Crippen LogP contribution in [-0.4, -0.2) is 31.4 Å².